The SMILES string of the molecule is Nc1cc(C=O)ccc1Oc1cc(F)c(CC(=O)O)cc1Cl. The summed E-state index contributed by atoms with van der Waals surface area (Å²) in [6.07, 6.45) is 0.148. The van der Waals surface area contributed by atoms with Crippen molar-refractivity contribution in [3.8, 4) is 11.5 Å². The van der Waals surface area contributed by atoms with Gasteiger partial charge in [-0.25, -0.2) is 4.39 Å². The van der Waals surface area contributed by atoms with Crippen molar-refractivity contribution in [2.45, 2.75) is 6.42 Å². The molecule has 0 aliphatic carbocycles. The first-order chi connectivity index (χ1) is 10.4. The summed E-state index contributed by atoms with van der Waals surface area (Å²) < 4.78 is 19.3. The Morgan fingerprint density at radius 1 is 1.32 bits per heavy atom. The molecule has 0 amide bonds. The Kier molecular flexibility index (Phi) is 4.62. The first-order valence-electron chi connectivity index (χ1n) is 6.13. The van der Waals surface area contributed by atoms with Gasteiger partial charge in [-0.2, -0.15) is 0 Å². The van der Waals surface area contributed by atoms with Gasteiger partial charge in [-0.1, -0.05) is 11.6 Å². The molecule has 0 heterocycles. The summed E-state index contributed by atoms with van der Waals surface area (Å²) in [6.45, 7) is 0. The summed E-state index contributed by atoms with van der Waals surface area (Å²) >= 11 is 5.96. The predicted molar refractivity (Wildman–Crippen MR) is 79.1 cm³/mol. The lowest BCUT2D eigenvalue weighted by Gasteiger charge is -2.11. The molecule has 22 heavy (non-hydrogen) atoms. The molecule has 7 heteroatoms. The van der Waals surface area contributed by atoms with Crippen molar-refractivity contribution in [1.29, 1.82) is 0 Å². The molecule has 0 saturated carbocycles. The van der Waals surface area contributed by atoms with E-state index in [2.05, 4.69) is 0 Å². The zero-order valence-electron chi connectivity index (χ0n) is 11.2. The van der Waals surface area contributed by atoms with E-state index in [0.717, 1.165) is 6.07 Å². The van der Waals surface area contributed by atoms with Crippen molar-refractivity contribution in [1.82, 2.24) is 0 Å². The van der Waals surface area contributed by atoms with E-state index >= 15 is 0 Å². The zero-order chi connectivity index (χ0) is 16.3. The van der Waals surface area contributed by atoms with Crippen LogP contribution in [0.2, 0.25) is 5.02 Å². The van der Waals surface area contributed by atoms with Crippen molar-refractivity contribution in [3.63, 3.8) is 0 Å². The summed E-state index contributed by atoms with van der Waals surface area (Å²) in [5, 5.41) is 8.74. The second-order valence-electron chi connectivity index (χ2n) is 4.46. The summed E-state index contributed by atoms with van der Waals surface area (Å²) in [6, 6.07) is 6.54. The summed E-state index contributed by atoms with van der Waals surface area (Å²) in [7, 11) is 0. The molecule has 0 aliphatic heterocycles. The van der Waals surface area contributed by atoms with Crippen LogP contribution >= 0.6 is 11.6 Å². The number of carboxylic acids is 1. The molecule has 0 radical (unpaired) electrons. The number of nitrogen functional groups attached to an aromatic ring is 1. The number of aliphatic carboxylic acids is 1. The number of hydrogen-bond acceptors (Lipinski definition) is 4. The lowest BCUT2D eigenvalue weighted by atomic mass is 10.1. The van der Waals surface area contributed by atoms with Crippen molar-refractivity contribution in [2.75, 3.05) is 5.73 Å². The minimum Gasteiger partial charge on any atom is -0.481 e. The van der Waals surface area contributed by atoms with Crippen LogP contribution in [0.5, 0.6) is 11.5 Å². The largest absolute Gasteiger partial charge is 0.481 e. The molecule has 114 valence electrons. The number of carboxylic acid groups (broad SMARTS) is 1. The van der Waals surface area contributed by atoms with Gasteiger partial charge in [0.2, 0.25) is 0 Å². The summed E-state index contributed by atoms with van der Waals surface area (Å²) in [5.41, 5.74) is 6.25. The van der Waals surface area contributed by atoms with E-state index in [1.54, 1.807) is 0 Å². The van der Waals surface area contributed by atoms with Crippen LogP contribution in [0.15, 0.2) is 30.3 Å². The lowest BCUT2D eigenvalue weighted by molar-refractivity contribution is -0.136. The minimum atomic E-state index is -1.17. The van der Waals surface area contributed by atoms with Gasteiger partial charge in [0.15, 0.2) is 0 Å². The Morgan fingerprint density at radius 2 is 2.05 bits per heavy atom. The van der Waals surface area contributed by atoms with Gasteiger partial charge < -0.3 is 15.6 Å². The normalized spacial score (nSPS) is 10.3. The molecule has 0 unspecified atom stereocenters. The van der Waals surface area contributed by atoms with E-state index in [1.165, 1.54) is 24.3 Å². The molecular weight excluding hydrogens is 313 g/mol. The number of nitrogens with two attached hydrogens (primary N) is 1. The van der Waals surface area contributed by atoms with Gasteiger partial charge in [-0.3, -0.25) is 9.59 Å². The quantitative estimate of drug-likeness (QED) is 0.651. The van der Waals surface area contributed by atoms with Crippen LogP contribution in [0.25, 0.3) is 0 Å². The van der Waals surface area contributed by atoms with E-state index in [4.69, 9.17) is 27.2 Å². The van der Waals surface area contributed by atoms with E-state index in [9.17, 15) is 14.0 Å². The number of benzene rings is 2. The van der Waals surface area contributed by atoms with Gasteiger partial charge in [0.25, 0.3) is 0 Å². The summed E-state index contributed by atoms with van der Waals surface area (Å²) in [4.78, 5) is 21.3. The number of ether oxygens (including phenoxy) is 1. The zero-order valence-corrected chi connectivity index (χ0v) is 11.9. The van der Waals surface area contributed by atoms with Gasteiger partial charge >= 0.3 is 5.97 Å². The fourth-order valence-electron chi connectivity index (χ4n) is 1.80. The van der Waals surface area contributed by atoms with E-state index < -0.39 is 18.2 Å². The number of hydrogen-bond donors (Lipinski definition) is 2. The van der Waals surface area contributed by atoms with Crippen molar-refractivity contribution in [2.24, 2.45) is 0 Å². The third-order valence-electron chi connectivity index (χ3n) is 2.83. The monoisotopic (exact) mass is 323 g/mol. The van der Waals surface area contributed by atoms with E-state index in [-0.39, 0.29) is 27.8 Å². The third kappa shape index (κ3) is 3.53. The first kappa shape index (κ1) is 15.8. The highest BCUT2D eigenvalue weighted by atomic mass is 35.5. The third-order valence-corrected chi connectivity index (χ3v) is 3.13. The van der Waals surface area contributed by atoms with Gasteiger partial charge in [-0.05, 0) is 24.3 Å². The van der Waals surface area contributed by atoms with E-state index in [1.807, 2.05) is 0 Å². The topological polar surface area (TPSA) is 89.6 Å². The standard InChI is InChI=1S/C15H11ClFNO4/c16-10-4-9(5-15(20)21)11(17)6-14(10)22-13-2-1-8(7-19)3-12(13)18/h1-4,6-7H,5,18H2,(H,20,21). The second kappa shape index (κ2) is 6.44. The molecular formula is C15H11ClFNO4. The van der Waals surface area contributed by atoms with Crippen LogP contribution in [-0.4, -0.2) is 17.4 Å². The number of aldehydes is 1. The van der Waals surface area contributed by atoms with Crippen LogP contribution in [0.3, 0.4) is 0 Å². The molecule has 0 spiro atoms. The molecule has 0 aromatic heterocycles. The molecule has 3 N–H and O–H groups in total. The molecule has 0 aliphatic rings. The number of halogens is 2. The smallest absolute Gasteiger partial charge is 0.307 e. The van der Waals surface area contributed by atoms with Crippen molar-refractivity contribution >= 4 is 29.5 Å². The van der Waals surface area contributed by atoms with Crippen molar-refractivity contribution < 1.29 is 23.8 Å². The Labute approximate surface area is 130 Å². The van der Waals surface area contributed by atoms with Crippen LogP contribution < -0.4 is 10.5 Å². The Hall–Kier alpha value is -2.60. The fraction of sp³-hybridized carbons (Fsp3) is 0.0667. The van der Waals surface area contributed by atoms with Gasteiger partial charge in [0.05, 0.1) is 17.1 Å². The number of rotatable bonds is 5. The van der Waals surface area contributed by atoms with Gasteiger partial charge in [0.1, 0.15) is 23.6 Å². The molecule has 0 atom stereocenters. The first-order valence-corrected chi connectivity index (χ1v) is 6.50. The average Bonchev–Trinajstić information content (AvgIpc) is 2.45. The molecule has 2 aromatic rings. The molecule has 0 saturated heterocycles. The molecule has 5 nitrogen and oxygen atoms in total. The van der Waals surface area contributed by atoms with Gasteiger partial charge in [-0.15, -0.1) is 0 Å². The fourth-order valence-corrected chi connectivity index (χ4v) is 2.02. The van der Waals surface area contributed by atoms with Crippen LogP contribution in [0.4, 0.5) is 10.1 Å². The van der Waals surface area contributed by atoms with Crippen LogP contribution in [0, 0.1) is 5.82 Å². The van der Waals surface area contributed by atoms with Crippen LogP contribution in [-0.2, 0) is 11.2 Å². The maximum atomic E-state index is 13.8. The Morgan fingerprint density at radius 3 is 2.64 bits per heavy atom. The van der Waals surface area contributed by atoms with Crippen LogP contribution in [0.1, 0.15) is 15.9 Å². The predicted octanol–water partition coefficient (Wildman–Crippen LogP) is 3.29. The highest BCUT2D eigenvalue weighted by Crippen LogP contribution is 2.34. The number of carbonyl (C=O) groups excluding carboxylic acids is 1. The molecule has 0 bridgehead atoms. The lowest BCUT2D eigenvalue weighted by Crippen LogP contribution is -2.03. The number of carbonyl (C=O) groups is 2. The average molecular weight is 324 g/mol. The minimum absolute atomic E-state index is 0.00106. The highest BCUT2D eigenvalue weighted by molar-refractivity contribution is 6.32. The molecule has 2 rings (SSSR count). The maximum Gasteiger partial charge on any atom is 0.307 e. The van der Waals surface area contributed by atoms with Crippen molar-refractivity contribution in [3.05, 3.63) is 52.3 Å². The summed E-state index contributed by atoms with van der Waals surface area (Å²) in [5.74, 6) is -1.71. The van der Waals surface area contributed by atoms with E-state index in [0.29, 0.717) is 11.8 Å². The maximum absolute atomic E-state index is 13.8. The molecule has 2 aromatic carbocycles. The number of anilines is 1. The highest BCUT2D eigenvalue weighted by Gasteiger charge is 2.14. The Bertz CT molecular complexity index is 749. The second-order valence-corrected chi connectivity index (χ2v) is 4.87. The van der Waals surface area contributed by atoms with Gasteiger partial charge in [0, 0.05) is 17.2 Å². The molecule has 0 fully saturated rings. The Balaban J connectivity index is 2.32.